The number of anilines is 2. The summed E-state index contributed by atoms with van der Waals surface area (Å²) in [5.41, 5.74) is 1.56. The number of piperidine rings is 1. The summed E-state index contributed by atoms with van der Waals surface area (Å²) in [6.07, 6.45) is -3.57. The van der Waals surface area contributed by atoms with Crippen LogP contribution in [0.15, 0.2) is 36.4 Å². The van der Waals surface area contributed by atoms with Gasteiger partial charge in [-0.1, -0.05) is 26.0 Å². The van der Waals surface area contributed by atoms with Crippen LogP contribution in [0.2, 0.25) is 0 Å². The number of hydrogen-bond acceptors (Lipinski definition) is 6. The van der Waals surface area contributed by atoms with Crippen LogP contribution in [0.3, 0.4) is 0 Å². The molecule has 1 saturated heterocycles. The van der Waals surface area contributed by atoms with Crippen molar-refractivity contribution >= 4 is 29.0 Å². The molecule has 12 heteroatoms. The zero-order valence-corrected chi connectivity index (χ0v) is 19.3. The van der Waals surface area contributed by atoms with E-state index < -0.39 is 12.0 Å². The molecule has 186 valence electrons. The number of fused-ring (bicyclic) bond motifs is 1. The molecule has 1 aromatic carbocycles. The molecule has 2 N–H and O–H groups in total. The SMILES string of the molecule is CC(C)C(=O)Nc1cccc(CNC(=O)C2CCN(c3ccc4nnc(C(F)(F)F)n4n3)CC2)c1. The fourth-order valence-electron chi connectivity index (χ4n) is 3.87. The zero-order valence-electron chi connectivity index (χ0n) is 19.3. The third-order valence-electron chi connectivity index (χ3n) is 5.88. The van der Waals surface area contributed by atoms with Gasteiger partial charge in [0.2, 0.25) is 11.8 Å². The van der Waals surface area contributed by atoms with Gasteiger partial charge in [0.25, 0.3) is 5.82 Å². The van der Waals surface area contributed by atoms with Gasteiger partial charge in [0.1, 0.15) is 5.82 Å². The van der Waals surface area contributed by atoms with Crippen LogP contribution in [0.5, 0.6) is 0 Å². The second-order valence-electron chi connectivity index (χ2n) is 8.81. The summed E-state index contributed by atoms with van der Waals surface area (Å²) in [5.74, 6) is -1.30. The van der Waals surface area contributed by atoms with Gasteiger partial charge in [0, 0.05) is 37.2 Å². The molecule has 4 rings (SSSR count). The molecule has 0 aliphatic carbocycles. The molecular formula is C23H26F3N7O2. The maximum atomic E-state index is 13.1. The monoisotopic (exact) mass is 489 g/mol. The standard InChI is InChI=1S/C23H26F3N7O2/c1-14(2)20(34)28-17-5-3-4-15(12-17)13-27-21(35)16-8-10-32(11-9-16)19-7-6-18-29-30-22(23(24,25)26)33(18)31-19/h3-7,12,14,16H,8-11,13H2,1-2H3,(H,27,35)(H,28,34). The highest BCUT2D eigenvalue weighted by Gasteiger charge is 2.38. The number of hydrogen-bond donors (Lipinski definition) is 2. The van der Waals surface area contributed by atoms with Gasteiger partial charge in [0.05, 0.1) is 0 Å². The minimum Gasteiger partial charge on any atom is -0.355 e. The number of halogens is 3. The Labute approximate surface area is 199 Å². The fourth-order valence-corrected chi connectivity index (χ4v) is 3.87. The summed E-state index contributed by atoms with van der Waals surface area (Å²) in [6.45, 7) is 4.92. The Hall–Kier alpha value is -3.70. The maximum Gasteiger partial charge on any atom is 0.453 e. The lowest BCUT2D eigenvalue weighted by atomic mass is 9.96. The van der Waals surface area contributed by atoms with Gasteiger partial charge in [-0.2, -0.15) is 17.7 Å². The van der Waals surface area contributed by atoms with Gasteiger partial charge in [-0.15, -0.1) is 15.3 Å². The first-order chi connectivity index (χ1) is 16.6. The van der Waals surface area contributed by atoms with E-state index in [1.807, 2.05) is 36.9 Å². The zero-order chi connectivity index (χ0) is 25.2. The summed E-state index contributed by atoms with van der Waals surface area (Å²) in [6, 6.07) is 10.4. The minimum absolute atomic E-state index is 0.0168. The molecule has 3 heterocycles. The predicted octanol–water partition coefficient (Wildman–Crippen LogP) is 3.27. The average molecular weight is 490 g/mol. The molecule has 1 aliphatic heterocycles. The Morgan fingerprint density at radius 1 is 1.11 bits per heavy atom. The molecule has 3 aromatic rings. The summed E-state index contributed by atoms with van der Waals surface area (Å²) < 4.78 is 40.1. The highest BCUT2D eigenvalue weighted by molar-refractivity contribution is 5.92. The van der Waals surface area contributed by atoms with Crippen LogP contribution >= 0.6 is 0 Å². The van der Waals surface area contributed by atoms with Crippen molar-refractivity contribution in [2.45, 2.75) is 39.4 Å². The van der Waals surface area contributed by atoms with E-state index in [1.165, 1.54) is 6.07 Å². The molecule has 1 aliphatic rings. The first kappa shape index (κ1) is 24.4. The molecule has 2 aromatic heterocycles. The number of aromatic nitrogens is 4. The summed E-state index contributed by atoms with van der Waals surface area (Å²) in [5, 5.41) is 16.6. The number of carbonyl (C=O) groups is 2. The van der Waals surface area contributed by atoms with Gasteiger partial charge in [-0.3, -0.25) is 9.59 Å². The van der Waals surface area contributed by atoms with Gasteiger partial charge in [0.15, 0.2) is 5.65 Å². The van der Waals surface area contributed by atoms with E-state index in [0.29, 0.717) is 48.5 Å². The van der Waals surface area contributed by atoms with Gasteiger partial charge in [-0.25, -0.2) is 0 Å². The van der Waals surface area contributed by atoms with Crippen LogP contribution in [0.1, 0.15) is 38.1 Å². The molecule has 0 atom stereocenters. The van der Waals surface area contributed by atoms with Crippen LogP contribution in [0.25, 0.3) is 5.65 Å². The lowest BCUT2D eigenvalue weighted by Crippen LogP contribution is -2.40. The van der Waals surface area contributed by atoms with E-state index in [-0.39, 0.29) is 29.3 Å². The third kappa shape index (κ3) is 5.69. The molecule has 9 nitrogen and oxygen atoms in total. The Balaban J connectivity index is 1.32. The lowest BCUT2D eigenvalue weighted by molar-refractivity contribution is -0.146. The topological polar surface area (TPSA) is 105 Å². The van der Waals surface area contributed by atoms with Gasteiger partial charge < -0.3 is 15.5 Å². The predicted molar refractivity (Wildman–Crippen MR) is 122 cm³/mol. The van der Waals surface area contributed by atoms with E-state index in [9.17, 15) is 22.8 Å². The molecule has 2 amide bonds. The summed E-state index contributed by atoms with van der Waals surface area (Å²) >= 11 is 0. The van der Waals surface area contributed by atoms with Crippen molar-refractivity contribution in [3.63, 3.8) is 0 Å². The summed E-state index contributed by atoms with van der Waals surface area (Å²) in [4.78, 5) is 26.4. The molecule has 1 fully saturated rings. The largest absolute Gasteiger partial charge is 0.453 e. The summed E-state index contributed by atoms with van der Waals surface area (Å²) in [7, 11) is 0. The van der Waals surface area contributed by atoms with E-state index in [2.05, 4.69) is 25.9 Å². The van der Waals surface area contributed by atoms with Crippen LogP contribution < -0.4 is 15.5 Å². The molecule has 0 saturated carbocycles. The number of nitrogens with one attached hydrogen (secondary N) is 2. The maximum absolute atomic E-state index is 13.1. The van der Waals surface area contributed by atoms with Crippen molar-refractivity contribution in [1.29, 1.82) is 0 Å². The Bertz CT molecular complexity index is 1220. The first-order valence-corrected chi connectivity index (χ1v) is 11.3. The van der Waals surface area contributed by atoms with Crippen molar-refractivity contribution in [1.82, 2.24) is 25.1 Å². The van der Waals surface area contributed by atoms with Crippen molar-refractivity contribution in [2.75, 3.05) is 23.3 Å². The Morgan fingerprint density at radius 3 is 2.54 bits per heavy atom. The van der Waals surface area contributed by atoms with Crippen LogP contribution in [0.4, 0.5) is 24.7 Å². The van der Waals surface area contributed by atoms with Gasteiger partial charge in [-0.05, 0) is 42.7 Å². The van der Waals surface area contributed by atoms with E-state index in [4.69, 9.17) is 0 Å². The Morgan fingerprint density at radius 2 is 1.86 bits per heavy atom. The number of carbonyl (C=O) groups excluding carboxylic acids is 2. The number of benzene rings is 1. The highest BCUT2D eigenvalue weighted by Crippen LogP contribution is 2.28. The second-order valence-corrected chi connectivity index (χ2v) is 8.81. The van der Waals surface area contributed by atoms with E-state index in [0.717, 1.165) is 5.56 Å². The highest BCUT2D eigenvalue weighted by atomic mass is 19.4. The number of nitrogens with zero attached hydrogens (tertiary/aromatic N) is 5. The lowest BCUT2D eigenvalue weighted by Gasteiger charge is -2.32. The van der Waals surface area contributed by atoms with E-state index in [1.54, 1.807) is 12.1 Å². The number of amides is 2. The molecule has 0 bridgehead atoms. The number of alkyl halides is 3. The van der Waals surface area contributed by atoms with Crippen molar-refractivity contribution in [3.8, 4) is 0 Å². The molecule has 35 heavy (non-hydrogen) atoms. The van der Waals surface area contributed by atoms with Crippen molar-refractivity contribution < 1.29 is 22.8 Å². The molecule has 0 radical (unpaired) electrons. The molecule has 0 unspecified atom stereocenters. The van der Waals surface area contributed by atoms with Gasteiger partial charge >= 0.3 is 6.18 Å². The van der Waals surface area contributed by atoms with Crippen molar-refractivity contribution in [3.05, 3.63) is 47.8 Å². The molecule has 0 spiro atoms. The third-order valence-corrected chi connectivity index (χ3v) is 5.88. The van der Waals surface area contributed by atoms with Crippen LogP contribution in [0, 0.1) is 11.8 Å². The smallest absolute Gasteiger partial charge is 0.355 e. The first-order valence-electron chi connectivity index (χ1n) is 11.3. The molecular weight excluding hydrogens is 463 g/mol. The quantitative estimate of drug-likeness (QED) is 0.551. The van der Waals surface area contributed by atoms with E-state index >= 15 is 0 Å². The second kappa shape index (κ2) is 9.88. The minimum atomic E-state index is -4.66. The fraction of sp³-hybridized carbons (Fsp3) is 0.435. The average Bonchev–Trinajstić information content (AvgIpc) is 3.27. The Kier molecular flexibility index (Phi) is 6.90. The number of rotatable bonds is 6. The normalized spacial score (nSPS) is 15.0. The van der Waals surface area contributed by atoms with Crippen molar-refractivity contribution in [2.24, 2.45) is 11.8 Å². The van der Waals surface area contributed by atoms with Crippen LogP contribution in [-0.4, -0.2) is 44.7 Å². The van der Waals surface area contributed by atoms with Crippen LogP contribution in [-0.2, 0) is 22.3 Å².